The number of carbonyl (C=O) groups excluding carboxylic acids is 1. The van der Waals surface area contributed by atoms with E-state index in [0.717, 1.165) is 18.4 Å². The van der Waals surface area contributed by atoms with Crippen LogP contribution in [0.4, 0.5) is 0 Å². The SMILES string of the molecule is CCCCn1c(SC(C)C(=O)c2ccc(C)c(C)c2)n[nH]c1=O. The highest BCUT2D eigenvalue weighted by Gasteiger charge is 2.20. The Morgan fingerprint density at radius 1 is 1.35 bits per heavy atom. The summed E-state index contributed by atoms with van der Waals surface area (Å²) in [7, 11) is 0. The van der Waals surface area contributed by atoms with E-state index in [1.165, 1.54) is 17.3 Å². The van der Waals surface area contributed by atoms with Crippen molar-refractivity contribution in [2.24, 2.45) is 0 Å². The monoisotopic (exact) mass is 333 g/mol. The second kappa shape index (κ2) is 7.64. The molecule has 0 aliphatic rings. The number of benzene rings is 1. The van der Waals surface area contributed by atoms with Gasteiger partial charge in [0.15, 0.2) is 10.9 Å². The maximum absolute atomic E-state index is 12.6. The van der Waals surface area contributed by atoms with Gasteiger partial charge in [0.05, 0.1) is 5.25 Å². The second-order valence-electron chi connectivity index (χ2n) is 5.74. The summed E-state index contributed by atoms with van der Waals surface area (Å²) in [6.07, 6.45) is 1.91. The van der Waals surface area contributed by atoms with Crippen LogP contribution in [0, 0.1) is 13.8 Å². The van der Waals surface area contributed by atoms with E-state index in [2.05, 4.69) is 17.1 Å². The predicted molar refractivity (Wildman–Crippen MR) is 93.3 cm³/mol. The topological polar surface area (TPSA) is 67.8 Å². The molecule has 124 valence electrons. The van der Waals surface area contributed by atoms with Gasteiger partial charge in [-0.05, 0) is 44.4 Å². The van der Waals surface area contributed by atoms with Gasteiger partial charge in [0.25, 0.3) is 0 Å². The molecule has 0 fully saturated rings. The highest BCUT2D eigenvalue weighted by Crippen LogP contribution is 2.24. The van der Waals surface area contributed by atoms with Crippen LogP contribution in [0.1, 0.15) is 48.2 Å². The van der Waals surface area contributed by atoms with Crippen molar-refractivity contribution in [1.82, 2.24) is 14.8 Å². The van der Waals surface area contributed by atoms with Crippen LogP contribution >= 0.6 is 11.8 Å². The lowest BCUT2D eigenvalue weighted by molar-refractivity contribution is 0.0993. The van der Waals surface area contributed by atoms with E-state index in [1.54, 1.807) is 4.57 Å². The van der Waals surface area contributed by atoms with Crippen molar-refractivity contribution in [3.05, 3.63) is 45.4 Å². The maximum atomic E-state index is 12.6. The van der Waals surface area contributed by atoms with Gasteiger partial charge in [-0.1, -0.05) is 37.2 Å². The summed E-state index contributed by atoms with van der Waals surface area (Å²) in [6, 6.07) is 5.74. The molecule has 1 N–H and O–H groups in total. The number of nitrogens with one attached hydrogen (secondary N) is 1. The fraction of sp³-hybridized carbons (Fsp3) is 0.471. The maximum Gasteiger partial charge on any atom is 0.343 e. The van der Waals surface area contributed by atoms with Crippen molar-refractivity contribution in [3.8, 4) is 0 Å². The lowest BCUT2D eigenvalue weighted by atomic mass is 10.0. The molecule has 6 heteroatoms. The first kappa shape index (κ1) is 17.5. The minimum atomic E-state index is -0.298. The number of rotatable bonds is 7. The average Bonchev–Trinajstić information content (AvgIpc) is 2.87. The summed E-state index contributed by atoms with van der Waals surface area (Å²) in [5, 5.41) is 6.80. The van der Waals surface area contributed by atoms with Crippen LogP contribution in [0.25, 0.3) is 0 Å². The molecule has 23 heavy (non-hydrogen) atoms. The molecule has 0 saturated heterocycles. The number of aromatic nitrogens is 3. The molecule has 0 aliphatic carbocycles. The Kier molecular flexibility index (Phi) is 5.82. The van der Waals surface area contributed by atoms with Crippen LogP contribution in [0.3, 0.4) is 0 Å². The van der Waals surface area contributed by atoms with Gasteiger partial charge in [-0.25, -0.2) is 9.89 Å². The minimum absolute atomic E-state index is 0.0515. The summed E-state index contributed by atoms with van der Waals surface area (Å²) < 4.78 is 1.61. The zero-order chi connectivity index (χ0) is 17.0. The Bertz CT molecular complexity index is 749. The predicted octanol–water partition coefficient (Wildman–Crippen LogP) is 3.35. The number of aromatic amines is 1. The highest BCUT2D eigenvalue weighted by molar-refractivity contribution is 8.00. The lowest BCUT2D eigenvalue weighted by Gasteiger charge is -2.11. The number of Topliss-reactive ketones (excluding diaryl/α,β-unsaturated/α-hetero) is 1. The van der Waals surface area contributed by atoms with Crippen molar-refractivity contribution in [2.45, 2.75) is 57.5 Å². The summed E-state index contributed by atoms with van der Waals surface area (Å²) in [6.45, 7) is 8.58. The summed E-state index contributed by atoms with van der Waals surface area (Å²) in [4.78, 5) is 24.4. The van der Waals surface area contributed by atoms with E-state index in [0.29, 0.717) is 17.3 Å². The van der Waals surface area contributed by atoms with Crippen molar-refractivity contribution in [1.29, 1.82) is 0 Å². The summed E-state index contributed by atoms with van der Waals surface area (Å²) >= 11 is 1.33. The first-order valence-corrected chi connectivity index (χ1v) is 8.75. The van der Waals surface area contributed by atoms with Gasteiger partial charge in [-0.3, -0.25) is 9.36 Å². The van der Waals surface area contributed by atoms with Gasteiger partial charge >= 0.3 is 5.69 Å². The standard InChI is InChI=1S/C17H23N3O2S/c1-5-6-9-20-16(22)18-19-17(20)23-13(4)15(21)14-8-7-11(2)12(3)10-14/h7-8,10,13H,5-6,9H2,1-4H3,(H,18,22). The number of unbranched alkanes of at least 4 members (excludes halogenated alkanes) is 1. The van der Waals surface area contributed by atoms with Crippen LogP contribution in [-0.2, 0) is 6.54 Å². The van der Waals surface area contributed by atoms with Crippen LogP contribution in [0.5, 0.6) is 0 Å². The molecule has 1 aromatic carbocycles. The summed E-state index contributed by atoms with van der Waals surface area (Å²) in [5.74, 6) is 0.0515. The van der Waals surface area contributed by atoms with Crippen LogP contribution in [0.15, 0.2) is 28.2 Å². The number of aryl methyl sites for hydroxylation is 2. The normalized spacial score (nSPS) is 12.3. The smallest absolute Gasteiger partial charge is 0.293 e. The van der Waals surface area contributed by atoms with E-state index in [4.69, 9.17) is 0 Å². The van der Waals surface area contributed by atoms with Gasteiger partial charge in [-0.2, -0.15) is 0 Å². The molecule has 0 spiro atoms. The molecule has 1 aromatic heterocycles. The van der Waals surface area contributed by atoms with Crippen LogP contribution in [0.2, 0.25) is 0 Å². The summed E-state index contributed by atoms with van der Waals surface area (Å²) in [5.41, 5.74) is 2.76. The van der Waals surface area contributed by atoms with E-state index < -0.39 is 0 Å². The van der Waals surface area contributed by atoms with Crippen molar-refractivity contribution in [3.63, 3.8) is 0 Å². The number of nitrogens with zero attached hydrogens (tertiary/aromatic N) is 2. The number of ketones is 1. The van der Waals surface area contributed by atoms with Crippen molar-refractivity contribution < 1.29 is 4.79 Å². The van der Waals surface area contributed by atoms with E-state index in [1.807, 2.05) is 39.0 Å². The first-order chi connectivity index (χ1) is 10.9. The Labute approximate surface area is 140 Å². The fourth-order valence-electron chi connectivity index (χ4n) is 2.25. The van der Waals surface area contributed by atoms with Gasteiger partial charge < -0.3 is 0 Å². The van der Waals surface area contributed by atoms with E-state index >= 15 is 0 Å². The number of hydrogen-bond acceptors (Lipinski definition) is 4. The molecule has 0 saturated carbocycles. The molecule has 0 bridgehead atoms. The Balaban J connectivity index is 2.15. The molecule has 0 radical (unpaired) electrons. The molecule has 5 nitrogen and oxygen atoms in total. The van der Waals surface area contributed by atoms with Gasteiger partial charge in [0, 0.05) is 12.1 Å². The lowest BCUT2D eigenvalue weighted by Crippen LogP contribution is -2.19. The molecule has 0 aliphatic heterocycles. The third kappa shape index (κ3) is 4.13. The van der Waals surface area contributed by atoms with Gasteiger partial charge in [0.2, 0.25) is 0 Å². The quantitative estimate of drug-likeness (QED) is 0.623. The minimum Gasteiger partial charge on any atom is -0.293 e. The third-order valence-corrected chi connectivity index (χ3v) is 4.99. The molecule has 2 aromatic rings. The third-order valence-electron chi connectivity index (χ3n) is 3.90. The highest BCUT2D eigenvalue weighted by atomic mass is 32.2. The molecule has 0 amide bonds. The molecule has 1 unspecified atom stereocenters. The van der Waals surface area contributed by atoms with Gasteiger partial charge in [0.1, 0.15) is 0 Å². The number of H-pyrrole nitrogens is 1. The second-order valence-corrected chi connectivity index (χ2v) is 7.05. The fourth-order valence-corrected chi connectivity index (χ4v) is 3.21. The number of hydrogen-bond donors (Lipinski definition) is 1. The Hall–Kier alpha value is -1.82. The van der Waals surface area contributed by atoms with E-state index in [-0.39, 0.29) is 16.7 Å². The van der Waals surface area contributed by atoms with Crippen LogP contribution in [-0.4, -0.2) is 25.8 Å². The largest absolute Gasteiger partial charge is 0.343 e. The van der Waals surface area contributed by atoms with Crippen molar-refractivity contribution in [2.75, 3.05) is 0 Å². The van der Waals surface area contributed by atoms with Gasteiger partial charge in [-0.15, -0.1) is 5.10 Å². The molecule has 1 atom stereocenters. The number of thioether (sulfide) groups is 1. The molecule has 2 rings (SSSR count). The molecular weight excluding hydrogens is 310 g/mol. The van der Waals surface area contributed by atoms with Crippen LogP contribution < -0.4 is 5.69 Å². The van der Waals surface area contributed by atoms with E-state index in [9.17, 15) is 9.59 Å². The molecular formula is C17H23N3O2S. The first-order valence-electron chi connectivity index (χ1n) is 7.87. The molecule has 1 heterocycles. The Morgan fingerprint density at radius 2 is 2.09 bits per heavy atom. The zero-order valence-corrected chi connectivity index (χ0v) is 14.9. The Morgan fingerprint density at radius 3 is 2.74 bits per heavy atom. The number of carbonyl (C=O) groups is 1. The average molecular weight is 333 g/mol. The zero-order valence-electron chi connectivity index (χ0n) is 14.0. The van der Waals surface area contributed by atoms with Crippen molar-refractivity contribution >= 4 is 17.5 Å².